The Labute approximate surface area is 94.0 Å². The van der Waals surface area contributed by atoms with E-state index in [2.05, 4.69) is 12.1 Å². The summed E-state index contributed by atoms with van der Waals surface area (Å²) in [5.74, 6) is 0.144. The van der Waals surface area contributed by atoms with E-state index in [4.69, 9.17) is 11.6 Å². The van der Waals surface area contributed by atoms with E-state index in [1.54, 1.807) is 12.1 Å². The molecule has 2 rings (SSSR count). The molecule has 0 aliphatic heterocycles. The first-order valence-electron chi connectivity index (χ1n) is 4.77. The largest absolute Gasteiger partial charge is 0.506 e. The summed E-state index contributed by atoms with van der Waals surface area (Å²) in [5, 5.41) is 9.84. The van der Waals surface area contributed by atoms with Crippen molar-refractivity contribution in [3.05, 3.63) is 64.7 Å². The monoisotopic (exact) mass is 218 g/mol. The lowest BCUT2D eigenvalue weighted by Gasteiger charge is -2.03. The van der Waals surface area contributed by atoms with Crippen molar-refractivity contribution >= 4 is 11.6 Å². The minimum absolute atomic E-state index is 0.144. The number of phenols is 1. The second kappa shape index (κ2) is 4.37. The number of hydrogen-bond acceptors (Lipinski definition) is 1. The van der Waals surface area contributed by atoms with Crippen molar-refractivity contribution in [2.45, 2.75) is 6.42 Å². The molecule has 0 bridgehead atoms. The van der Waals surface area contributed by atoms with Crippen LogP contribution in [0.1, 0.15) is 11.1 Å². The summed E-state index contributed by atoms with van der Waals surface area (Å²) >= 11 is 5.73. The highest BCUT2D eigenvalue weighted by atomic mass is 35.5. The molecular weight excluding hydrogens is 208 g/mol. The van der Waals surface area contributed by atoms with Gasteiger partial charge in [-0.05, 0) is 29.7 Å². The Hall–Kier alpha value is -1.47. The van der Waals surface area contributed by atoms with E-state index >= 15 is 0 Å². The molecule has 0 amide bonds. The topological polar surface area (TPSA) is 20.2 Å². The fourth-order valence-electron chi connectivity index (χ4n) is 1.50. The number of phenolic OH excluding ortho intramolecular Hbond substituents is 1. The van der Waals surface area contributed by atoms with Crippen LogP contribution in [-0.2, 0) is 6.42 Å². The minimum Gasteiger partial charge on any atom is -0.506 e. The summed E-state index contributed by atoms with van der Waals surface area (Å²) in [7, 11) is 0. The lowest BCUT2D eigenvalue weighted by molar-refractivity contribution is 0.475. The van der Waals surface area contributed by atoms with Crippen molar-refractivity contribution in [1.29, 1.82) is 0 Å². The first kappa shape index (κ1) is 10.1. The highest BCUT2D eigenvalue weighted by molar-refractivity contribution is 6.32. The first-order chi connectivity index (χ1) is 7.25. The van der Waals surface area contributed by atoms with Crippen LogP contribution >= 0.6 is 11.6 Å². The maximum atomic E-state index is 9.45. The number of halogens is 1. The minimum atomic E-state index is 0.144. The zero-order valence-electron chi connectivity index (χ0n) is 8.15. The average Bonchev–Trinajstić information content (AvgIpc) is 2.25. The average molecular weight is 219 g/mol. The highest BCUT2D eigenvalue weighted by Gasteiger charge is 2.00. The smallest absolute Gasteiger partial charge is 0.134 e. The summed E-state index contributed by atoms with van der Waals surface area (Å²) in [4.78, 5) is 0. The maximum Gasteiger partial charge on any atom is 0.134 e. The van der Waals surface area contributed by atoms with E-state index in [1.807, 2.05) is 24.3 Å². The fourth-order valence-corrected chi connectivity index (χ4v) is 1.62. The van der Waals surface area contributed by atoms with Gasteiger partial charge in [-0.15, -0.1) is 0 Å². The molecule has 0 saturated heterocycles. The zero-order valence-corrected chi connectivity index (χ0v) is 8.91. The van der Waals surface area contributed by atoms with Crippen LogP contribution in [0, 0.1) is 0 Å². The van der Waals surface area contributed by atoms with Gasteiger partial charge in [0.15, 0.2) is 0 Å². The lowest BCUT2D eigenvalue weighted by Crippen LogP contribution is -1.87. The van der Waals surface area contributed by atoms with E-state index in [1.165, 1.54) is 5.56 Å². The van der Waals surface area contributed by atoms with Gasteiger partial charge < -0.3 is 5.11 Å². The predicted molar refractivity (Wildman–Crippen MR) is 62.4 cm³/mol. The number of hydrogen-bond donors (Lipinski definition) is 1. The molecule has 15 heavy (non-hydrogen) atoms. The molecule has 1 nitrogen and oxygen atoms in total. The van der Waals surface area contributed by atoms with Crippen molar-refractivity contribution in [2.24, 2.45) is 0 Å². The third kappa shape index (κ3) is 2.51. The van der Waals surface area contributed by atoms with Gasteiger partial charge in [0.25, 0.3) is 0 Å². The third-order valence-electron chi connectivity index (χ3n) is 2.26. The molecule has 0 aliphatic rings. The Morgan fingerprint density at radius 1 is 0.933 bits per heavy atom. The zero-order chi connectivity index (χ0) is 10.7. The van der Waals surface area contributed by atoms with Gasteiger partial charge in [-0.2, -0.15) is 0 Å². The molecule has 2 aromatic carbocycles. The summed E-state index contributed by atoms with van der Waals surface area (Å²) in [6.45, 7) is 0. The summed E-state index contributed by atoms with van der Waals surface area (Å²) in [6, 6.07) is 15.5. The van der Waals surface area contributed by atoms with Crippen LogP contribution in [0.25, 0.3) is 0 Å². The van der Waals surface area contributed by atoms with Gasteiger partial charge in [0.2, 0.25) is 0 Å². The van der Waals surface area contributed by atoms with E-state index in [9.17, 15) is 5.11 Å². The van der Waals surface area contributed by atoms with Crippen molar-refractivity contribution in [3.8, 4) is 5.75 Å². The molecule has 0 fully saturated rings. The summed E-state index contributed by atoms with van der Waals surface area (Å²) < 4.78 is 0. The van der Waals surface area contributed by atoms with Gasteiger partial charge in [0.05, 0.1) is 5.02 Å². The maximum absolute atomic E-state index is 9.45. The SMILES string of the molecule is Oc1cc(Cc2ccccc2)ccc1Cl. The van der Waals surface area contributed by atoms with Gasteiger partial charge in [0.1, 0.15) is 5.75 Å². The molecule has 0 aliphatic carbocycles. The van der Waals surface area contributed by atoms with Crippen LogP contribution in [0.5, 0.6) is 5.75 Å². The van der Waals surface area contributed by atoms with Crippen LogP contribution in [-0.4, -0.2) is 5.11 Å². The van der Waals surface area contributed by atoms with E-state index < -0.39 is 0 Å². The van der Waals surface area contributed by atoms with Crippen LogP contribution in [0.3, 0.4) is 0 Å². The molecule has 0 unspecified atom stereocenters. The number of rotatable bonds is 2. The van der Waals surface area contributed by atoms with Crippen LogP contribution in [0.15, 0.2) is 48.5 Å². The van der Waals surface area contributed by atoms with Gasteiger partial charge in [-0.3, -0.25) is 0 Å². The Kier molecular flexibility index (Phi) is 2.93. The van der Waals surface area contributed by atoms with Crippen LogP contribution in [0.4, 0.5) is 0 Å². The first-order valence-corrected chi connectivity index (χ1v) is 5.15. The second-order valence-electron chi connectivity index (χ2n) is 3.45. The van der Waals surface area contributed by atoms with Crippen molar-refractivity contribution in [1.82, 2.24) is 0 Å². The Morgan fingerprint density at radius 2 is 1.67 bits per heavy atom. The Bertz CT molecular complexity index is 451. The second-order valence-corrected chi connectivity index (χ2v) is 3.86. The van der Waals surface area contributed by atoms with Crippen molar-refractivity contribution in [2.75, 3.05) is 0 Å². The molecule has 2 aromatic rings. The van der Waals surface area contributed by atoms with Gasteiger partial charge >= 0.3 is 0 Å². The predicted octanol–water partition coefficient (Wildman–Crippen LogP) is 3.64. The van der Waals surface area contributed by atoms with Gasteiger partial charge in [-0.25, -0.2) is 0 Å². The van der Waals surface area contributed by atoms with Crippen molar-refractivity contribution in [3.63, 3.8) is 0 Å². The highest BCUT2D eigenvalue weighted by Crippen LogP contribution is 2.24. The van der Waals surface area contributed by atoms with E-state index in [0.29, 0.717) is 5.02 Å². The molecule has 0 heterocycles. The molecule has 2 heteroatoms. The normalized spacial score (nSPS) is 10.2. The summed E-state index contributed by atoms with van der Waals surface area (Å²) in [6.07, 6.45) is 0.811. The molecule has 0 atom stereocenters. The third-order valence-corrected chi connectivity index (χ3v) is 2.58. The molecule has 1 N–H and O–H groups in total. The van der Waals surface area contributed by atoms with Gasteiger partial charge in [0, 0.05) is 0 Å². The van der Waals surface area contributed by atoms with E-state index in [-0.39, 0.29) is 5.75 Å². The molecular formula is C13H11ClO. The lowest BCUT2D eigenvalue weighted by atomic mass is 10.1. The van der Waals surface area contributed by atoms with Gasteiger partial charge in [-0.1, -0.05) is 48.0 Å². The van der Waals surface area contributed by atoms with E-state index in [0.717, 1.165) is 12.0 Å². The van der Waals surface area contributed by atoms with Crippen LogP contribution < -0.4 is 0 Å². The van der Waals surface area contributed by atoms with Crippen molar-refractivity contribution < 1.29 is 5.11 Å². The number of benzene rings is 2. The fraction of sp³-hybridized carbons (Fsp3) is 0.0769. The Balaban J connectivity index is 2.22. The number of aromatic hydroxyl groups is 1. The quantitative estimate of drug-likeness (QED) is 0.816. The molecule has 76 valence electrons. The molecule has 0 radical (unpaired) electrons. The summed E-state index contributed by atoms with van der Waals surface area (Å²) in [5.41, 5.74) is 2.28. The molecule has 0 saturated carbocycles. The standard InChI is InChI=1S/C13H11ClO/c14-12-7-6-11(9-13(12)15)8-10-4-2-1-3-5-10/h1-7,9,15H,8H2. The molecule has 0 aromatic heterocycles. The molecule has 0 spiro atoms. The Morgan fingerprint density at radius 3 is 2.33 bits per heavy atom. The van der Waals surface area contributed by atoms with Crippen LogP contribution in [0.2, 0.25) is 5.02 Å².